The predicted molar refractivity (Wildman–Crippen MR) is 59.5 cm³/mol. The van der Waals surface area contributed by atoms with Crippen LogP contribution in [0, 0.1) is 11.8 Å². The van der Waals surface area contributed by atoms with Gasteiger partial charge in [0.05, 0.1) is 13.7 Å². The summed E-state index contributed by atoms with van der Waals surface area (Å²) in [5, 5.41) is 0. The van der Waals surface area contributed by atoms with Gasteiger partial charge in [-0.3, -0.25) is 0 Å². The first-order valence-electron chi connectivity index (χ1n) is 5.47. The van der Waals surface area contributed by atoms with Crippen molar-refractivity contribution in [2.75, 3.05) is 13.7 Å². The van der Waals surface area contributed by atoms with Crippen LogP contribution in [0.4, 0.5) is 0 Å². The molecule has 0 aliphatic carbocycles. The van der Waals surface area contributed by atoms with Crippen LogP contribution >= 0.6 is 0 Å². The first-order valence-corrected chi connectivity index (χ1v) is 5.47. The Kier molecular flexibility index (Phi) is 9.09. The van der Waals surface area contributed by atoms with Gasteiger partial charge in [0, 0.05) is 11.8 Å². The lowest BCUT2D eigenvalue weighted by molar-refractivity contribution is -0.137. The van der Waals surface area contributed by atoms with Gasteiger partial charge in [-0.05, 0) is 6.42 Å². The molecule has 0 aromatic heterocycles. The highest BCUT2D eigenvalue weighted by Crippen LogP contribution is 2.02. The summed E-state index contributed by atoms with van der Waals surface area (Å²) in [4.78, 5) is 21.5. The van der Waals surface area contributed by atoms with Crippen molar-refractivity contribution >= 4 is 11.9 Å². The molecule has 0 aromatic carbocycles. The van der Waals surface area contributed by atoms with Crippen LogP contribution in [0.2, 0.25) is 0 Å². The van der Waals surface area contributed by atoms with E-state index in [1.807, 2.05) is 11.8 Å². The normalized spacial score (nSPS) is 8.88. The van der Waals surface area contributed by atoms with Crippen molar-refractivity contribution in [1.29, 1.82) is 0 Å². The number of carbonyl (C=O) groups is 2. The Morgan fingerprint density at radius 1 is 1.00 bits per heavy atom. The molecule has 0 amide bonds. The standard InChI is InChI=1S/C12H18O4/c1-3-4-5-6-7-10-16-12(14)9-8-11(13)15-2/h3-7,10H2,1-2H3. The fraction of sp³-hybridized carbons (Fsp3) is 0.667. The molecule has 0 rings (SSSR count). The summed E-state index contributed by atoms with van der Waals surface area (Å²) in [5.74, 6) is 2.64. The van der Waals surface area contributed by atoms with Gasteiger partial charge in [-0.2, -0.15) is 0 Å². The van der Waals surface area contributed by atoms with E-state index < -0.39 is 11.9 Å². The van der Waals surface area contributed by atoms with Gasteiger partial charge in [-0.25, -0.2) is 9.59 Å². The largest absolute Gasteiger partial charge is 0.459 e. The summed E-state index contributed by atoms with van der Waals surface area (Å²) in [5.41, 5.74) is 0. The second-order valence-corrected chi connectivity index (χ2v) is 3.29. The summed E-state index contributed by atoms with van der Waals surface area (Å²) in [7, 11) is 1.20. The Morgan fingerprint density at radius 2 is 1.62 bits per heavy atom. The zero-order valence-corrected chi connectivity index (χ0v) is 9.88. The van der Waals surface area contributed by atoms with E-state index in [-0.39, 0.29) is 0 Å². The molecule has 0 heterocycles. The third-order valence-electron chi connectivity index (χ3n) is 1.93. The van der Waals surface area contributed by atoms with E-state index in [0.29, 0.717) is 6.61 Å². The maximum atomic E-state index is 10.9. The van der Waals surface area contributed by atoms with Gasteiger partial charge in [0.2, 0.25) is 0 Å². The third-order valence-corrected chi connectivity index (χ3v) is 1.93. The number of esters is 2. The van der Waals surface area contributed by atoms with E-state index in [1.165, 1.54) is 20.0 Å². The second kappa shape index (κ2) is 10.0. The zero-order chi connectivity index (χ0) is 12.2. The monoisotopic (exact) mass is 226 g/mol. The number of carbonyl (C=O) groups excluding carboxylic acids is 2. The highest BCUT2D eigenvalue weighted by molar-refractivity contribution is 5.98. The molecule has 4 nitrogen and oxygen atoms in total. The van der Waals surface area contributed by atoms with E-state index in [1.54, 1.807) is 0 Å². The highest BCUT2D eigenvalue weighted by Gasteiger charge is 1.98. The molecule has 16 heavy (non-hydrogen) atoms. The van der Waals surface area contributed by atoms with Crippen LogP contribution in [-0.2, 0) is 19.1 Å². The minimum Gasteiger partial charge on any atom is -0.459 e. The summed E-state index contributed by atoms with van der Waals surface area (Å²) in [6.45, 7) is 2.50. The van der Waals surface area contributed by atoms with Gasteiger partial charge < -0.3 is 9.47 Å². The number of ether oxygens (including phenoxy) is 2. The van der Waals surface area contributed by atoms with Gasteiger partial charge in [-0.1, -0.05) is 32.6 Å². The van der Waals surface area contributed by atoms with Gasteiger partial charge in [-0.15, -0.1) is 0 Å². The number of methoxy groups -OCH3 is 1. The maximum absolute atomic E-state index is 10.9. The van der Waals surface area contributed by atoms with Crippen LogP contribution in [0.25, 0.3) is 0 Å². The van der Waals surface area contributed by atoms with E-state index in [0.717, 1.165) is 19.3 Å². The first kappa shape index (κ1) is 14.5. The van der Waals surface area contributed by atoms with Crippen molar-refractivity contribution in [3.63, 3.8) is 0 Å². The lowest BCUT2D eigenvalue weighted by Gasteiger charge is -2.00. The molecule has 4 heteroatoms. The molecule has 0 aliphatic rings. The smallest absolute Gasteiger partial charge is 0.384 e. The van der Waals surface area contributed by atoms with Gasteiger partial charge in [0.15, 0.2) is 0 Å². The predicted octanol–water partition coefficient (Wildman–Crippen LogP) is 1.68. The second-order valence-electron chi connectivity index (χ2n) is 3.29. The Hall–Kier alpha value is -1.50. The molecule has 0 radical (unpaired) electrons. The summed E-state index contributed by atoms with van der Waals surface area (Å²) in [6, 6.07) is 0. The van der Waals surface area contributed by atoms with Crippen molar-refractivity contribution in [2.45, 2.75) is 39.0 Å². The third kappa shape index (κ3) is 9.07. The SMILES string of the molecule is CCCCCCCOC(=O)C#CC(=O)OC. The zero-order valence-electron chi connectivity index (χ0n) is 9.88. The van der Waals surface area contributed by atoms with Crippen molar-refractivity contribution < 1.29 is 19.1 Å². The fourth-order valence-electron chi connectivity index (χ4n) is 1.06. The van der Waals surface area contributed by atoms with Gasteiger partial charge in [0.1, 0.15) is 0 Å². The minimum absolute atomic E-state index is 0.360. The summed E-state index contributed by atoms with van der Waals surface area (Å²) < 4.78 is 9.05. The molecule has 90 valence electrons. The number of hydrogen-bond donors (Lipinski definition) is 0. The van der Waals surface area contributed by atoms with Crippen molar-refractivity contribution in [3.8, 4) is 11.8 Å². The van der Waals surface area contributed by atoms with Crippen LogP contribution in [0.15, 0.2) is 0 Å². The van der Waals surface area contributed by atoms with Crippen LogP contribution in [0.5, 0.6) is 0 Å². The maximum Gasteiger partial charge on any atom is 0.384 e. The molecule has 0 unspecified atom stereocenters. The van der Waals surface area contributed by atoms with Crippen LogP contribution in [0.1, 0.15) is 39.0 Å². The molecule has 0 atom stereocenters. The molecule has 0 N–H and O–H groups in total. The van der Waals surface area contributed by atoms with Crippen LogP contribution < -0.4 is 0 Å². The Morgan fingerprint density at radius 3 is 2.25 bits per heavy atom. The van der Waals surface area contributed by atoms with Crippen LogP contribution in [-0.4, -0.2) is 25.7 Å². The van der Waals surface area contributed by atoms with Crippen LogP contribution in [0.3, 0.4) is 0 Å². The van der Waals surface area contributed by atoms with E-state index in [4.69, 9.17) is 4.74 Å². The van der Waals surface area contributed by atoms with Crippen molar-refractivity contribution in [1.82, 2.24) is 0 Å². The molecule has 0 fully saturated rings. The molecule has 0 bridgehead atoms. The Balaban J connectivity index is 3.50. The topological polar surface area (TPSA) is 52.6 Å². The Labute approximate surface area is 96.3 Å². The molecule has 0 saturated heterocycles. The molecule has 0 aromatic rings. The lowest BCUT2D eigenvalue weighted by atomic mass is 10.2. The number of hydrogen-bond acceptors (Lipinski definition) is 4. The van der Waals surface area contributed by atoms with Crippen molar-refractivity contribution in [3.05, 3.63) is 0 Å². The van der Waals surface area contributed by atoms with Crippen molar-refractivity contribution in [2.24, 2.45) is 0 Å². The first-order chi connectivity index (χ1) is 7.70. The van der Waals surface area contributed by atoms with E-state index >= 15 is 0 Å². The highest BCUT2D eigenvalue weighted by atomic mass is 16.5. The summed E-state index contributed by atoms with van der Waals surface area (Å²) in [6.07, 6.45) is 5.43. The summed E-state index contributed by atoms with van der Waals surface area (Å²) >= 11 is 0. The van der Waals surface area contributed by atoms with Gasteiger partial charge in [0.25, 0.3) is 0 Å². The van der Waals surface area contributed by atoms with Gasteiger partial charge >= 0.3 is 11.9 Å². The Bertz CT molecular complexity index is 272. The molecule has 0 saturated carbocycles. The van der Waals surface area contributed by atoms with E-state index in [9.17, 15) is 9.59 Å². The molecule has 0 aliphatic heterocycles. The average Bonchev–Trinajstić information content (AvgIpc) is 2.30. The number of rotatable bonds is 6. The average molecular weight is 226 g/mol. The molecule has 0 spiro atoms. The molecular weight excluding hydrogens is 208 g/mol. The fourth-order valence-corrected chi connectivity index (χ4v) is 1.06. The molecular formula is C12H18O4. The quantitative estimate of drug-likeness (QED) is 0.299. The van der Waals surface area contributed by atoms with E-state index in [2.05, 4.69) is 11.7 Å². The lowest BCUT2D eigenvalue weighted by Crippen LogP contribution is -2.04. The minimum atomic E-state index is -0.736. The number of unbranched alkanes of at least 4 members (excludes halogenated alkanes) is 4.